The molecule has 5 nitrogen and oxygen atoms in total. The molecule has 0 radical (unpaired) electrons. The summed E-state index contributed by atoms with van der Waals surface area (Å²) in [5.41, 5.74) is 1.49. The number of carbonyl (C=O) groups excluding carboxylic acids is 1. The third kappa shape index (κ3) is 8.19. The predicted molar refractivity (Wildman–Crippen MR) is 132 cm³/mol. The van der Waals surface area contributed by atoms with Crippen molar-refractivity contribution >= 4 is 47.6 Å². The van der Waals surface area contributed by atoms with Crippen LogP contribution in [-0.4, -0.2) is 52.9 Å². The van der Waals surface area contributed by atoms with Crippen molar-refractivity contribution in [1.29, 1.82) is 0 Å². The number of carbonyl (C=O) groups is 1. The summed E-state index contributed by atoms with van der Waals surface area (Å²) in [4.78, 5) is 19.6. The molecule has 1 atom stereocenters. The normalized spacial score (nSPS) is 17.7. The Balaban J connectivity index is 0.00000392. The Hall–Kier alpha value is -0.960. The maximum atomic E-state index is 12.4. The van der Waals surface area contributed by atoms with E-state index in [0.29, 0.717) is 17.4 Å². The van der Waals surface area contributed by atoms with E-state index in [1.807, 2.05) is 45.0 Å². The second-order valence-corrected chi connectivity index (χ2v) is 9.33. The van der Waals surface area contributed by atoms with Crippen LogP contribution in [0.3, 0.4) is 0 Å². The third-order valence-corrected chi connectivity index (χ3v) is 5.69. The largest absolute Gasteiger partial charge is 0.357 e. The zero-order chi connectivity index (χ0) is 19.9. The highest BCUT2D eigenvalue weighted by atomic mass is 127. The number of hydrogen-bond acceptors (Lipinski definition) is 3. The molecule has 1 fully saturated rings. The van der Waals surface area contributed by atoms with Crippen molar-refractivity contribution in [3.05, 3.63) is 35.4 Å². The molecule has 1 saturated heterocycles. The molecule has 2 N–H and O–H groups in total. The van der Waals surface area contributed by atoms with Crippen LogP contribution in [0, 0.1) is 0 Å². The van der Waals surface area contributed by atoms with Crippen molar-refractivity contribution < 1.29 is 4.79 Å². The Morgan fingerprint density at radius 2 is 2.07 bits per heavy atom. The van der Waals surface area contributed by atoms with E-state index >= 15 is 0 Å². The average molecular weight is 519 g/mol. The molecule has 1 amide bonds. The van der Waals surface area contributed by atoms with Crippen LogP contribution in [0.2, 0.25) is 0 Å². The zero-order valence-corrected chi connectivity index (χ0v) is 20.9. The van der Waals surface area contributed by atoms with Gasteiger partial charge in [-0.3, -0.25) is 4.79 Å². The van der Waals surface area contributed by atoms with Gasteiger partial charge in [0.1, 0.15) is 0 Å². The summed E-state index contributed by atoms with van der Waals surface area (Å²) in [6, 6.07) is 7.75. The minimum absolute atomic E-state index is 0. The van der Waals surface area contributed by atoms with Crippen LogP contribution < -0.4 is 10.6 Å². The summed E-state index contributed by atoms with van der Waals surface area (Å²) in [7, 11) is 0. The van der Waals surface area contributed by atoms with Crippen LogP contribution in [-0.2, 0) is 6.54 Å². The fourth-order valence-electron chi connectivity index (χ4n) is 2.97. The van der Waals surface area contributed by atoms with Gasteiger partial charge in [0.2, 0.25) is 0 Å². The summed E-state index contributed by atoms with van der Waals surface area (Å²) in [6.45, 7) is 13.8. The molecule has 0 spiro atoms. The lowest BCUT2D eigenvalue weighted by atomic mass is 10.1. The van der Waals surface area contributed by atoms with Crippen molar-refractivity contribution in [1.82, 2.24) is 15.5 Å². The molecule has 7 heteroatoms. The second kappa shape index (κ2) is 11.9. The first kappa shape index (κ1) is 25.1. The number of benzene rings is 1. The molecule has 28 heavy (non-hydrogen) atoms. The number of nitrogens with one attached hydrogen (secondary N) is 2. The molecular weight excluding hydrogens is 483 g/mol. The van der Waals surface area contributed by atoms with Gasteiger partial charge in [0.15, 0.2) is 5.96 Å². The van der Waals surface area contributed by atoms with Gasteiger partial charge in [0.25, 0.3) is 5.91 Å². The number of amides is 1. The lowest BCUT2D eigenvalue weighted by Crippen LogP contribution is -2.48. The van der Waals surface area contributed by atoms with Gasteiger partial charge in [-0.05, 0) is 51.8 Å². The van der Waals surface area contributed by atoms with Gasteiger partial charge in [-0.2, -0.15) is 11.8 Å². The Kier molecular flexibility index (Phi) is 10.7. The number of guanidine groups is 1. The van der Waals surface area contributed by atoms with Gasteiger partial charge in [0, 0.05) is 41.7 Å². The molecule has 1 heterocycles. The van der Waals surface area contributed by atoms with Crippen LogP contribution in [0.5, 0.6) is 0 Å². The number of hydrogen-bond donors (Lipinski definition) is 2. The molecule has 1 unspecified atom stereocenters. The molecule has 0 bridgehead atoms. The SMILES string of the molecule is CCNC(=NCc1cccc(C(=O)NC(C)(C)C)c1)N1CCSC(CC)C1.I. The Morgan fingerprint density at radius 1 is 1.32 bits per heavy atom. The maximum Gasteiger partial charge on any atom is 0.251 e. The number of thioether (sulfide) groups is 1. The van der Waals surface area contributed by atoms with E-state index in [0.717, 1.165) is 36.9 Å². The summed E-state index contributed by atoms with van der Waals surface area (Å²) in [5, 5.41) is 7.11. The minimum Gasteiger partial charge on any atom is -0.357 e. The van der Waals surface area contributed by atoms with Gasteiger partial charge in [-0.25, -0.2) is 4.99 Å². The molecule has 0 aliphatic carbocycles. The molecule has 1 aromatic rings. The van der Waals surface area contributed by atoms with Crippen molar-refractivity contribution in [2.75, 3.05) is 25.4 Å². The standard InChI is InChI=1S/C21H34N4OS.HI/c1-6-18-15-25(11-12-27-18)20(22-7-2)23-14-16-9-8-10-17(13-16)19(26)24-21(3,4)5;/h8-10,13,18H,6-7,11-12,14-15H2,1-5H3,(H,22,23)(H,24,26);1H. The highest BCUT2D eigenvalue weighted by Crippen LogP contribution is 2.21. The molecule has 0 saturated carbocycles. The van der Waals surface area contributed by atoms with E-state index in [4.69, 9.17) is 4.99 Å². The lowest BCUT2D eigenvalue weighted by molar-refractivity contribution is 0.0919. The van der Waals surface area contributed by atoms with Crippen molar-refractivity contribution in [2.45, 2.75) is 58.4 Å². The molecule has 1 aliphatic heterocycles. The van der Waals surface area contributed by atoms with Gasteiger partial charge in [-0.15, -0.1) is 24.0 Å². The Labute approximate surface area is 191 Å². The summed E-state index contributed by atoms with van der Waals surface area (Å²) in [6.07, 6.45) is 1.19. The molecule has 1 aliphatic rings. The van der Waals surface area contributed by atoms with Crippen LogP contribution in [0.15, 0.2) is 29.3 Å². The van der Waals surface area contributed by atoms with Crippen LogP contribution in [0.1, 0.15) is 57.0 Å². The highest BCUT2D eigenvalue weighted by Gasteiger charge is 2.21. The van der Waals surface area contributed by atoms with Crippen LogP contribution >= 0.6 is 35.7 Å². The summed E-state index contributed by atoms with van der Waals surface area (Å²) >= 11 is 2.06. The fraction of sp³-hybridized carbons (Fsp3) is 0.619. The monoisotopic (exact) mass is 518 g/mol. The predicted octanol–water partition coefficient (Wildman–Crippen LogP) is 4.13. The quantitative estimate of drug-likeness (QED) is 0.350. The average Bonchev–Trinajstić information content (AvgIpc) is 2.64. The Bertz CT molecular complexity index is 660. The molecular formula is C21H35IN4OS. The Morgan fingerprint density at radius 3 is 2.71 bits per heavy atom. The van der Waals surface area contributed by atoms with E-state index in [2.05, 4.69) is 41.1 Å². The third-order valence-electron chi connectivity index (χ3n) is 4.32. The van der Waals surface area contributed by atoms with Crippen molar-refractivity contribution in [3.63, 3.8) is 0 Å². The lowest BCUT2D eigenvalue weighted by Gasteiger charge is -2.34. The topological polar surface area (TPSA) is 56.7 Å². The number of nitrogens with zero attached hydrogens (tertiary/aromatic N) is 2. The minimum atomic E-state index is -0.244. The first-order valence-electron chi connectivity index (χ1n) is 9.88. The van der Waals surface area contributed by atoms with Gasteiger partial charge >= 0.3 is 0 Å². The zero-order valence-electron chi connectivity index (χ0n) is 17.7. The smallest absolute Gasteiger partial charge is 0.251 e. The van der Waals surface area contributed by atoms with E-state index in [1.54, 1.807) is 0 Å². The fourth-order valence-corrected chi connectivity index (χ4v) is 4.15. The first-order chi connectivity index (χ1) is 12.8. The van der Waals surface area contributed by atoms with Gasteiger partial charge in [-0.1, -0.05) is 19.1 Å². The van der Waals surface area contributed by atoms with Crippen molar-refractivity contribution in [2.24, 2.45) is 4.99 Å². The summed E-state index contributed by atoms with van der Waals surface area (Å²) in [5.74, 6) is 2.07. The van der Waals surface area contributed by atoms with Crippen LogP contribution in [0.4, 0.5) is 0 Å². The van der Waals surface area contributed by atoms with E-state index in [1.165, 1.54) is 6.42 Å². The van der Waals surface area contributed by atoms with E-state index < -0.39 is 0 Å². The van der Waals surface area contributed by atoms with Gasteiger partial charge < -0.3 is 15.5 Å². The van der Waals surface area contributed by atoms with Crippen molar-refractivity contribution in [3.8, 4) is 0 Å². The molecule has 1 aromatic carbocycles. The van der Waals surface area contributed by atoms with Gasteiger partial charge in [0.05, 0.1) is 6.54 Å². The maximum absolute atomic E-state index is 12.4. The van der Waals surface area contributed by atoms with E-state index in [-0.39, 0.29) is 35.4 Å². The highest BCUT2D eigenvalue weighted by molar-refractivity contribution is 14.0. The molecule has 2 rings (SSSR count). The van der Waals surface area contributed by atoms with Crippen LogP contribution in [0.25, 0.3) is 0 Å². The first-order valence-corrected chi connectivity index (χ1v) is 10.9. The second-order valence-electron chi connectivity index (χ2n) is 7.92. The number of halogens is 1. The number of aliphatic imine (C=N–C) groups is 1. The van der Waals surface area contributed by atoms with E-state index in [9.17, 15) is 4.79 Å². The number of rotatable bonds is 5. The molecule has 158 valence electrons. The molecule has 0 aromatic heterocycles. The summed E-state index contributed by atoms with van der Waals surface area (Å²) < 4.78 is 0.